The maximum absolute atomic E-state index is 12.7. The van der Waals surface area contributed by atoms with Gasteiger partial charge in [0.2, 0.25) is 0 Å². The van der Waals surface area contributed by atoms with Crippen molar-refractivity contribution in [3.8, 4) is 5.75 Å². The summed E-state index contributed by atoms with van der Waals surface area (Å²) in [6.07, 6.45) is 6.27. The fourth-order valence-electron chi connectivity index (χ4n) is 4.78. The first-order valence-electron chi connectivity index (χ1n) is 10.6. The predicted molar refractivity (Wildman–Crippen MR) is 129 cm³/mol. The van der Waals surface area contributed by atoms with Crippen LogP contribution in [0.4, 0.5) is 5.69 Å². The van der Waals surface area contributed by atoms with Gasteiger partial charge in [-0.2, -0.15) is 10.1 Å². The van der Waals surface area contributed by atoms with Gasteiger partial charge in [-0.15, -0.1) is 0 Å². The van der Waals surface area contributed by atoms with E-state index in [1.54, 1.807) is 24.3 Å². The van der Waals surface area contributed by atoms with Gasteiger partial charge in [0.15, 0.2) is 12.4 Å². The third kappa shape index (κ3) is 4.19. The standard InChI is InChI=1S/C24H18Cl3N3O4/c25-15-3-5-16(6-4-15)29-19(31)11-34-22-17(26)7-12(8-18(22)27)10-28-30-23(32)20-13-1-2-14(9-13)21(20)24(30)33/h1-8,10,13-14,20-21H,9,11H2,(H,29,31)/t13-,14-,20-,21+/m0/s1. The largest absolute Gasteiger partial charge is 0.481 e. The van der Waals surface area contributed by atoms with E-state index in [1.807, 2.05) is 12.2 Å². The Morgan fingerprint density at radius 1 is 1.03 bits per heavy atom. The molecule has 0 spiro atoms. The maximum atomic E-state index is 12.7. The van der Waals surface area contributed by atoms with Crippen LogP contribution in [0, 0.1) is 23.7 Å². The van der Waals surface area contributed by atoms with Crippen molar-refractivity contribution in [2.45, 2.75) is 6.42 Å². The zero-order chi connectivity index (χ0) is 24.0. The molecule has 2 bridgehead atoms. The van der Waals surface area contributed by atoms with E-state index in [-0.39, 0.29) is 57.9 Å². The Balaban J connectivity index is 1.23. The molecule has 1 N–H and O–H groups in total. The minimum atomic E-state index is -0.403. The Bertz CT molecular complexity index is 1190. The fourth-order valence-corrected chi connectivity index (χ4v) is 5.52. The first-order chi connectivity index (χ1) is 16.3. The van der Waals surface area contributed by atoms with Crippen molar-refractivity contribution in [2.75, 3.05) is 11.9 Å². The Morgan fingerprint density at radius 3 is 2.21 bits per heavy atom. The Hall–Kier alpha value is -2.87. The average molecular weight is 519 g/mol. The number of imide groups is 1. The number of carbonyl (C=O) groups excluding carboxylic acids is 3. The van der Waals surface area contributed by atoms with Crippen LogP contribution in [0.1, 0.15) is 12.0 Å². The summed E-state index contributed by atoms with van der Waals surface area (Å²) in [5, 5.41) is 8.62. The Kier molecular flexibility index (Phi) is 6.10. The third-order valence-corrected chi connectivity index (χ3v) is 7.08. The summed E-state index contributed by atoms with van der Waals surface area (Å²) < 4.78 is 5.50. The van der Waals surface area contributed by atoms with Gasteiger partial charge < -0.3 is 10.1 Å². The van der Waals surface area contributed by atoms with Crippen LogP contribution in [-0.4, -0.2) is 35.6 Å². The number of hydrogen-bond donors (Lipinski definition) is 1. The van der Waals surface area contributed by atoms with Gasteiger partial charge in [-0.3, -0.25) is 14.4 Å². The molecule has 10 heteroatoms. The van der Waals surface area contributed by atoms with Gasteiger partial charge in [-0.05, 0) is 60.2 Å². The van der Waals surface area contributed by atoms with E-state index in [0.29, 0.717) is 16.3 Å². The highest BCUT2D eigenvalue weighted by atomic mass is 35.5. The van der Waals surface area contributed by atoms with Gasteiger partial charge in [0.1, 0.15) is 0 Å². The number of hydrogen-bond acceptors (Lipinski definition) is 5. The summed E-state index contributed by atoms with van der Waals surface area (Å²) in [7, 11) is 0. The lowest BCUT2D eigenvalue weighted by Crippen LogP contribution is -2.28. The predicted octanol–water partition coefficient (Wildman–Crippen LogP) is 4.81. The van der Waals surface area contributed by atoms with E-state index in [0.717, 1.165) is 11.4 Å². The quantitative estimate of drug-likeness (QED) is 0.338. The van der Waals surface area contributed by atoms with Gasteiger partial charge in [0.25, 0.3) is 17.7 Å². The molecular formula is C24H18Cl3N3O4. The second-order valence-electron chi connectivity index (χ2n) is 8.39. The van der Waals surface area contributed by atoms with Crippen LogP contribution in [0.5, 0.6) is 5.75 Å². The van der Waals surface area contributed by atoms with Gasteiger partial charge >= 0.3 is 0 Å². The molecule has 2 aromatic carbocycles. The topological polar surface area (TPSA) is 88.1 Å². The van der Waals surface area contributed by atoms with Gasteiger partial charge in [0, 0.05) is 10.7 Å². The normalized spacial score (nSPS) is 24.9. The van der Waals surface area contributed by atoms with Crippen molar-refractivity contribution >= 4 is 64.4 Å². The number of allylic oxidation sites excluding steroid dienone is 2. The van der Waals surface area contributed by atoms with E-state index in [9.17, 15) is 14.4 Å². The molecule has 174 valence electrons. The smallest absolute Gasteiger partial charge is 0.262 e. The summed E-state index contributed by atoms with van der Waals surface area (Å²) in [5.41, 5.74) is 1.05. The van der Waals surface area contributed by atoms with Crippen LogP contribution < -0.4 is 10.1 Å². The summed E-state index contributed by atoms with van der Waals surface area (Å²) in [4.78, 5) is 37.6. The van der Waals surface area contributed by atoms with Crippen LogP contribution in [-0.2, 0) is 14.4 Å². The van der Waals surface area contributed by atoms with Gasteiger partial charge in [-0.1, -0.05) is 47.0 Å². The molecule has 3 aliphatic rings. The van der Waals surface area contributed by atoms with Crippen LogP contribution in [0.15, 0.2) is 53.7 Å². The maximum Gasteiger partial charge on any atom is 0.262 e. The summed E-state index contributed by atoms with van der Waals surface area (Å²) in [6.45, 7) is -0.314. The van der Waals surface area contributed by atoms with Crippen LogP contribution >= 0.6 is 34.8 Å². The lowest BCUT2D eigenvalue weighted by Gasteiger charge is -2.13. The molecule has 7 nitrogen and oxygen atoms in total. The van der Waals surface area contributed by atoms with Crippen LogP contribution in [0.3, 0.4) is 0 Å². The second kappa shape index (κ2) is 9.06. The summed E-state index contributed by atoms with van der Waals surface area (Å²) in [6, 6.07) is 9.70. The fraction of sp³-hybridized carbons (Fsp3) is 0.250. The minimum Gasteiger partial charge on any atom is -0.481 e. The highest BCUT2D eigenvalue weighted by molar-refractivity contribution is 6.37. The molecule has 0 unspecified atom stereocenters. The molecule has 0 radical (unpaired) electrons. The van der Waals surface area contributed by atoms with E-state index >= 15 is 0 Å². The van der Waals surface area contributed by atoms with Crippen LogP contribution in [0.2, 0.25) is 15.1 Å². The van der Waals surface area contributed by atoms with Crippen molar-refractivity contribution in [3.63, 3.8) is 0 Å². The zero-order valence-corrected chi connectivity index (χ0v) is 19.8. The first kappa shape index (κ1) is 22.9. The average Bonchev–Trinajstić information content (AvgIpc) is 3.47. The lowest BCUT2D eigenvalue weighted by molar-refractivity contribution is -0.140. The molecular weight excluding hydrogens is 501 g/mol. The van der Waals surface area contributed by atoms with Crippen molar-refractivity contribution in [1.82, 2.24) is 5.01 Å². The van der Waals surface area contributed by atoms with E-state index in [2.05, 4.69) is 10.4 Å². The number of rotatable bonds is 6. The van der Waals surface area contributed by atoms with E-state index in [4.69, 9.17) is 39.5 Å². The van der Waals surface area contributed by atoms with Crippen molar-refractivity contribution in [2.24, 2.45) is 28.8 Å². The summed E-state index contributed by atoms with van der Waals surface area (Å²) in [5.74, 6) is -1.22. The number of carbonyl (C=O) groups is 3. The molecule has 1 saturated carbocycles. The van der Waals surface area contributed by atoms with E-state index < -0.39 is 5.91 Å². The number of halogens is 3. The highest BCUT2D eigenvalue weighted by Crippen LogP contribution is 2.52. The zero-order valence-electron chi connectivity index (χ0n) is 17.6. The molecule has 1 heterocycles. The SMILES string of the molecule is O=C(COc1c(Cl)cc(C=NN2C(=O)[C@@H]3[C@H](C2=O)[C@H]2C=C[C@H]3C2)cc1Cl)Nc1ccc(Cl)cc1. The number of hydrazone groups is 1. The molecule has 1 saturated heterocycles. The molecule has 5 rings (SSSR count). The lowest BCUT2D eigenvalue weighted by atomic mass is 9.85. The van der Waals surface area contributed by atoms with E-state index in [1.165, 1.54) is 18.3 Å². The number of benzene rings is 2. The second-order valence-corrected chi connectivity index (χ2v) is 9.64. The van der Waals surface area contributed by atoms with Crippen molar-refractivity contribution in [1.29, 1.82) is 0 Å². The molecule has 2 aromatic rings. The molecule has 1 aliphatic heterocycles. The molecule has 2 fully saturated rings. The van der Waals surface area contributed by atoms with Gasteiger partial charge in [-0.25, -0.2) is 0 Å². The van der Waals surface area contributed by atoms with Crippen molar-refractivity contribution < 1.29 is 19.1 Å². The number of amides is 3. The monoisotopic (exact) mass is 517 g/mol. The number of nitrogens with zero attached hydrogens (tertiary/aromatic N) is 2. The first-order valence-corrected chi connectivity index (χ1v) is 11.7. The van der Waals surface area contributed by atoms with Crippen molar-refractivity contribution in [3.05, 3.63) is 69.2 Å². The summed E-state index contributed by atoms with van der Waals surface area (Å²) >= 11 is 18.4. The number of ether oxygens (including phenoxy) is 1. The molecule has 3 amide bonds. The van der Waals surface area contributed by atoms with Gasteiger partial charge in [0.05, 0.1) is 28.1 Å². The Labute approximate surface area is 210 Å². The third-order valence-electron chi connectivity index (χ3n) is 6.27. The molecule has 2 aliphatic carbocycles. The molecule has 34 heavy (non-hydrogen) atoms. The van der Waals surface area contributed by atoms with Crippen LogP contribution in [0.25, 0.3) is 0 Å². The Morgan fingerprint density at radius 2 is 1.62 bits per heavy atom. The minimum absolute atomic E-state index is 0.115. The highest BCUT2D eigenvalue weighted by Gasteiger charge is 2.59. The number of fused-ring (bicyclic) bond motifs is 5. The molecule has 4 atom stereocenters. The molecule has 0 aromatic heterocycles. The number of nitrogens with one attached hydrogen (secondary N) is 1. The number of anilines is 1.